The second-order valence-electron chi connectivity index (χ2n) is 6.08. The number of nitrogens with one attached hydrogen (secondary N) is 2. The molecule has 0 atom stereocenters. The summed E-state index contributed by atoms with van der Waals surface area (Å²) in [5.74, 6) is 0.533. The van der Waals surface area contributed by atoms with Gasteiger partial charge in [0.2, 0.25) is 16.0 Å². The van der Waals surface area contributed by atoms with Gasteiger partial charge in [-0.2, -0.15) is 0 Å². The first-order valence-corrected chi connectivity index (χ1v) is 9.76. The third-order valence-electron chi connectivity index (χ3n) is 4.29. The van der Waals surface area contributed by atoms with E-state index in [4.69, 9.17) is 9.88 Å². The van der Waals surface area contributed by atoms with E-state index in [-0.39, 0.29) is 4.90 Å². The van der Waals surface area contributed by atoms with Crippen molar-refractivity contribution in [1.82, 2.24) is 9.97 Å². The molecule has 8 nitrogen and oxygen atoms in total. The molecule has 1 fully saturated rings. The van der Waals surface area contributed by atoms with E-state index >= 15 is 0 Å². The largest absolute Gasteiger partial charge is 0.378 e. The molecule has 1 aromatic heterocycles. The van der Waals surface area contributed by atoms with Crippen LogP contribution in [0.4, 0.5) is 17.3 Å². The first kappa shape index (κ1) is 16.8. The maximum atomic E-state index is 11.5. The monoisotopic (exact) mass is 373 g/mol. The fourth-order valence-electron chi connectivity index (χ4n) is 2.94. The predicted molar refractivity (Wildman–Crippen MR) is 100 cm³/mol. The lowest BCUT2D eigenvalue weighted by molar-refractivity contribution is 0.122. The quantitative estimate of drug-likeness (QED) is 0.643. The molecule has 2 aromatic carbocycles. The van der Waals surface area contributed by atoms with E-state index in [2.05, 4.69) is 32.3 Å². The number of anilines is 3. The molecule has 0 amide bonds. The normalized spacial score (nSPS) is 15.3. The average molecular weight is 373 g/mol. The van der Waals surface area contributed by atoms with Crippen molar-refractivity contribution in [2.24, 2.45) is 5.14 Å². The molecule has 1 aliphatic rings. The number of fused-ring (bicyclic) bond motifs is 1. The zero-order valence-corrected chi connectivity index (χ0v) is 14.8. The van der Waals surface area contributed by atoms with Crippen LogP contribution in [0.3, 0.4) is 0 Å². The Labute approximate surface area is 151 Å². The fraction of sp³-hybridized carbons (Fsp3) is 0.235. The van der Waals surface area contributed by atoms with Gasteiger partial charge in [0.1, 0.15) is 0 Å². The molecular weight excluding hydrogens is 354 g/mol. The number of hydrogen-bond donors (Lipinski definition) is 3. The Balaban J connectivity index is 1.53. The number of nitrogens with two attached hydrogens (primary N) is 1. The number of morpholine rings is 1. The summed E-state index contributed by atoms with van der Waals surface area (Å²) >= 11 is 0. The molecule has 2 heterocycles. The Kier molecular flexibility index (Phi) is 4.27. The summed E-state index contributed by atoms with van der Waals surface area (Å²) in [5, 5.41) is 8.36. The molecule has 136 valence electrons. The molecule has 1 aliphatic heterocycles. The molecule has 0 unspecified atom stereocenters. The third-order valence-corrected chi connectivity index (χ3v) is 5.20. The molecule has 0 saturated carbocycles. The van der Waals surface area contributed by atoms with Crippen LogP contribution < -0.4 is 15.4 Å². The summed E-state index contributed by atoms with van der Waals surface area (Å²) in [6, 6.07) is 12.6. The zero-order chi connectivity index (χ0) is 18.1. The van der Waals surface area contributed by atoms with Crippen LogP contribution in [-0.4, -0.2) is 44.7 Å². The number of nitrogens with zero attached hydrogens (tertiary/aromatic N) is 2. The molecule has 9 heteroatoms. The summed E-state index contributed by atoms with van der Waals surface area (Å²) in [6.45, 7) is 3.28. The van der Waals surface area contributed by atoms with Gasteiger partial charge in [-0.15, -0.1) is 0 Å². The van der Waals surface area contributed by atoms with Crippen molar-refractivity contribution in [3.8, 4) is 0 Å². The van der Waals surface area contributed by atoms with Crippen LogP contribution in [0.1, 0.15) is 0 Å². The second-order valence-corrected chi connectivity index (χ2v) is 7.64. The summed E-state index contributed by atoms with van der Waals surface area (Å²) in [6.07, 6.45) is 0. The van der Waals surface area contributed by atoms with E-state index in [0.29, 0.717) is 17.0 Å². The summed E-state index contributed by atoms with van der Waals surface area (Å²) < 4.78 is 28.3. The highest BCUT2D eigenvalue weighted by atomic mass is 32.2. The van der Waals surface area contributed by atoms with Crippen LogP contribution in [-0.2, 0) is 14.8 Å². The van der Waals surface area contributed by atoms with E-state index in [0.717, 1.165) is 37.7 Å². The molecule has 4 rings (SSSR count). The topological polar surface area (TPSA) is 113 Å². The number of hydrogen-bond acceptors (Lipinski definition) is 6. The predicted octanol–water partition coefficient (Wildman–Crippen LogP) is 1.79. The molecule has 0 radical (unpaired) electrons. The van der Waals surface area contributed by atoms with E-state index in [9.17, 15) is 8.42 Å². The van der Waals surface area contributed by atoms with Crippen molar-refractivity contribution in [3.05, 3.63) is 42.5 Å². The Morgan fingerprint density at radius 3 is 2.54 bits per heavy atom. The smallest absolute Gasteiger partial charge is 0.238 e. The molecule has 3 aromatic rings. The lowest BCUT2D eigenvalue weighted by Gasteiger charge is -2.28. The van der Waals surface area contributed by atoms with Crippen LogP contribution in [0.25, 0.3) is 11.0 Å². The number of rotatable bonds is 4. The molecule has 0 bridgehead atoms. The molecule has 26 heavy (non-hydrogen) atoms. The Hall–Kier alpha value is -2.62. The van der Waals surface area contributed by atoms with Gasteiger partial charge in [0.25, 0.3) is 0 Å². The minimum absolute atomic E-state index is 0.0510. The fourth-order valence-corrected chi connectivity index (χ4v) is 3.48. The minimum atomic E-state index is -3.74. The van der Waals surface area contributed by atoms with Crippen molar-refractivity contribution in [2.75, 3.05) is 36.5 Å². The number of H-pyrrole nitrogens is 1. The molecule has 0 aliphatic carbocycles. The van der Waals surface area contributed by atoms with Crippen molar-refractivity contribution >= 4 is 38.4 Å². The number of aromatic nitrogens is 2. The lowest BCUT2D eigenvalue weighted by atomic mass is 10.2. The minimum Gasteiger partial charge on any atom is -0.378 e. The van der Waals surface area contributed by atoms with Crippen LogP contribution in [0.2, 0.25) is 0 Å². The standard InChI is InChI=1S/C17H19N5O3S/c18-26(23,24)14-5-6-15-16(11-14)21-17(20-15)19-12-1-3-13(4-2-12)22-7-9-25-10-8-22/h1-6,11H,7-10H2,(H2,18,23,24)(H2,19,20,21). The van der Waals surface area contributed by atoms with Gasteiger partial charge < -0.3 is 19.9 Å². The maximum Gasteiger partial charge on any atom is 0.238 e. The number of sulfonamides is 1. The Morgan fingerprint density at radius 1 is 1.12 bits per heavy atom. The van der Waals surface area contributed by atoms with Crippen LogP contribution in [0.5, 0.6) is 0 Å². The highest BCUT2D eigenvalue weighted by Gasteiger charge is 2.12. The highest BCUT2D eigenvalue weighted by Crippen LogP contribution is 2.23. The first-order chi connectivity index (χ1) is 12.5. The van der Waals surface area contributed by atoms with E-state index in [1.807, 2.05) is 12.1 Å². The SMILES string of the molecule is NS(=O)(=O)c1ccc2nc(Nc3ccc(N4CCOCC4)cc3)[nH]c2c1. The van der Waals surface area contributed by atoms with Crippen molar-refractivity contribution < 1.29 is 13.2 Å². The van der Waals surface area contributed by atoms with Gasteiger partial charge in [0.15, 0.2) is 0 Å². The molecule has 1 saturated heterocycles. The summed E-state index contributed by atoms with van der Waals surface area (Å²) in [5.41, 5.74) is 3.29. The Bertz CT molecular complexity index is 1020. The third kappa shape index (κ3) is 3.50. The van der Waals surface area contributed by atoms with E-state index in [1.165, 1.54) is 12.1 Å². The van der Waals surface area contributed by atoms with Gasteiger partial charge in [-0.05, 0) is 42.5 Å². The van der Waals surface area contributed by atoms with Crippen LogP contribution in [0, 0.1) is 0 Å². The van der Waals surface area contributed by atoms with Crippen LogP contribution in [0.15, 0.2) is 47.4 Å². The second kappa shape index (κ2) is 6.60. The number of aromatic amines is 1. The highest BCUT2D eigenvalue weighted by molar-refractivity contribution is 7.89. The summed E-state index contributed by atoms with van der Waals surface area (Å²) in [4.78, 5) is 9.81. The maximum absolute atomic E-state index is 11.5. The van der Waals surface area contributed by atoms with Crippen molar-refractivity contribution in [2.45, 2.75) is 4.90 Å². The number of benzene rings is 2. The first-order valence-electron chi connectivity index (χ1n) is 8.21. The van der Waals surface area contributed by atoms with E-state index < -0.39 is 10.0 Å². The van der Waals surface area contributed by atoms with Gasteiger partial charge in [0, 0.05) is 24.5 Å². The van der Waals surface area contributed by atoms with Crippen LogP contribution >= 0.6 is 0 Å². The molecule has 4 N–H and O–H groups in total. The van der Waals surface area contributed by atoms with Crippen molar-refractivity contribution in [3.63, 3.8) is 0 Å². The number of ether oxygens (including phenoxy) is 1. The van der Waals surface area contributed by atoms with Gasteiger partial charge >= 0.3 is 0 Å². The average Bonchev–Trinajstić information content (AvgIpc) is 3.04. The van der Waals surface area contributed by atoms with Crippen molar-refractivity contribution in [1.29, 1.82) is 0 Å². The molecule has 0 spiro atoms. The van der Waals surface area contributed by atoms with Gasteiger partial charge in [-0.1, -0.05) is 0 Å². The Morgan fingerprint density at radius 2 is 1.85 bits per heavy atom. The van der Waals surface area contributed by atoms with Gasteiger partial charge in [-0.3, -0.25) is 0 Å². The van der Waals surface area contributed by atoms with E-state index in [1.54, 1.807) is 6.07 Å². The van der Waals surface area contributed by atoms with Gasteiger partial charge in [0.05, 0.1) is 29.1 Å². The number of imidazole rings is 1. The van der Waals surface area contributed by atoms with Gasteiger partial charge in [-0.25, -0.2) is 18.5 Å². The lowest BCUT2D eigenvalue weighted by Crippen LogP contribution is -2.36. The zero-order valence-electron chi connectivity index (χ0n) is 14.0. The summed E-state index contributed by atoms with van der Waals surface area (Å²) in [7, 11) is -3.74. The molecular formula is C17H19N5O3S. The number of primary sulfonamides is 1.